The minimum atomic E-state index is -0.806. The highest BCUT2D eigenvalue weighted by Crippen LogP contribution is 2.17. The third kappa shape index (κ3) is 10.2. The van der Waals surface area contributed by atoms with Crippen molar-refractivity contribution in [2.24, 2.45) is 7.05 Å². The van der Waals surface area contributed by atoms with E-state index < -0.39 is 5.97 Å². The van der Waals surface area contributed by atoms with Gasteiger partial charge < -0.3 is 5.11 Å². The summed E-state index contributed by atoms with van der Waals surface area (Å²) in [6.45, 7) is 4.30. The van der Waals surface area contributed by atoms with Crippen molar-refractivity contribution >= 4 is 5.97 Å². The van der Waals surface area contributed by atoms with E-state index in [2.05, 4.69) is 6.92 Å². The predicted molar refractivity (Wildman–Crippen MR) is 118 cm³/mol. The first kappa shape index (κ1) is 24.7. The minimum Gasteiger partial charge on any atom is -0.478 e. The molecule has 28 heavy (non-hydrogen) atoms. The van der Waals surface area contributed by atoms with Crippen LogP contribution in [0.3, 0.4) is 0 Å². The summed E-state index contributed by atoms with van der Waals surface area (Å²) in [6.07, 6.45) is 23.1. The Morgan fingerprint density at radius 1 is 0.821 bits per heavy atom. The number of carboxylic acid groups (broad SMARTS) is 1. The number of carboxylic acids is 1. The number of aryl methyl sites for hydroxylation is 1. The van der Waals surface area contributed by atoms with Crippen LogP contribution < -0.4 is 4.57 Å². The lowest BCUT2D eigenvalue weighted by Crippen LogP contribution is -2.33. The van der Waals surface area contributed by atoms with E-state index in [9.17, 15) is 9.90 Å². The molecule has 0 unspecified atom stereocenters. The number of aromatic carboxylic acids is 1. The quantitative estimate of drug-likeness (QED) is 0.231. The number of unbranched alkanes of at least 4 members (excludes halogenated alkanes) is 14. The summed E-state index contributed by atoms with van der Waals surface area (Å²) >= 11 is 0. The van der Waals surface area contributed by atoms with E-state index in [-0.39, 0.29) is 0 Å². The fourth-order valence-electron chi connectivity index (χ4n) is 4.00. The van der Waals surface area contributed by atoms with E-state index in [4.69, 9.17) is 0 Å². The van der Waals surface area contributed by atoms with Gasteiger partial charge in [0.15, 0.2) is 11.9 Å². The molecule has 1 aromatic rings. The van der Waals surface area contributed by atoms with Crippen molar-refractivity contribution in [3.8, 4) is 0 Å². The number of rotatable bonds is 17. The van der Waals surface area contributed by atoms with E-state index in [1.54, 1.807) is 6.07 Å². The van der Waals surface area contributed by atoms with Crippen molar-refractivity contribution in [2.75, 3.05) is 0 Å². The van der Waals surface area contributed by atoms with Crippen LogP contribution in [0, 0.1) is 6.92 Å². The van der Waals surface area contributed by atoms with Crippen molar-refractivity contribution in [3.63, 3.8) is 0 Å². The molecule has 0 saturated heterocycles. The monoisotopic (exact) mass is 390 g/mol. The van der Waals surface area contributed by atoms with E-state index in [1.165, 1.54) is 89.9 Å². The van der Waals surface area contributed by atoms with Gasteiger partial charge in [0.25, 0.3) is 0 Å². The molecule has 0 bridgehead atoms. The maximum absolute atomic E-state index is 11.4. The Balaban J connectivity index is 2.02. The molecule has 0 atom stereocenters. The van der Waals surface area contributed by atoms with Crippen LogP contribution in [-0.2, 0) is 13.5 Å². The lowest BCUT2D eigenvalue weighted by Gasteiger charge is -2.08. The highest BCUT2D eigenvalue weighted by atomic mass is 16.4. The first-order chi connectivity index (χ1) is 13.6. The Hall–Kier alpha value is -1.38. The van der Waals surface area contributed by atoms with E-state index >= 15 is 0 Å². The first-order valence-electron chi connectivity index (χ1n) is 11.8. The Morgan fingerprint density at radius 2 is 1.25 bits per heavy atom. The average Bonchev–Trinajstić information content (AvgIpc) is 2.67. The summed E-state index contributed by atoms with van der Waals surface area (Å²) in [6, 6.07) is 1.73. The van der Waals surface area contributed by atoms with Gasteiger partial charge in [-0.15, -0.1) is 0 Å². The maximum atomic E-state index is 11.4. The molecule has 3 heteroatoms. The van der Waals surface area contributed by atoms with E-state index in [0.29, 0.717) is 5.56 Å². The van der Waals surface area contributed by atoms with Crippen molar-refractivity contribution < 1.29 is 14.5 Å². The number of hydrogen-bond acceptors (Lipinski definition) is 1. The van der Waals surface area contributed by atoms with Gasteiger partial charge in [-0.2, -0.15) is 0 Å². The van der Waals surface area contributed by atoms with Crippen molar-refractivity contribution in [2.45, 2.75) is 117 Å². The zero-order valence-corrected chi connectivity index (χ0v) is 18.8. The molecule has 0 radical (unpaired) electrons. The van der Waals surface area contributed by atoms with Crippen LogP contribution in [-0.4, -0.2) is 11.1 Å². The Labute approximate surface area is 173 Å². The van der Waals surface area contributed by atoms with Gasteiger partial charge in [-0.05, 0) is 12.8 Å². The lowest BCUT2D eigenvalue weighted by molar-refractivity contribution is -0.678. The van der Waals surface area contributed by atoms with Gasteiger partial charge in [0.2, 0.25) is 0 Å². The molecule has 0 aliphatic rings. The summed E-state index contributed by atoms with van der Waals surface area (Å²) in [7, 11) is 1.98. The van der Waals surface area contributed by atoms with Gasteiger partial charge in [0, 0.05) is 18.6 Å². The van der Waals surface area contributed by atoms with Crippen molar-refractivity contribution in [1.82, 2.24) is 0 Å². The fraction of sp³-hybridized carbons (Fsp3) is 0.760. The average molecular weight is 391 g/mol. The van der Waals surface area contributed by atoms with Crippen LogP contribution in [0.5, 0.6) is 0 Å². The molecule has 0 spiro atoms. The molecular weight excluding hydrogens is 346 g/mol. The Bertz CT molecular complexity index is 554. The molecule has 160 valence electrons. The highest BCUT2D eigenvalue weighted by molar-refractivity contribution is 5.89. The predicted octanol–water partition coefficient (Wildman–Crippen LogP) is 6.93. The molecular formula is C25H44NO2+. The van der Waals surface area contributed by atoms with Crippen LogP contribution in [0.2, 0.25) is 0 Å². The molecule has 0 aliphatic heterocycles. The molecule has 0 amide bonds. The number of carbonyl (C=O) groups is 1. The maximum Gasteiger partial charge on any atom is 0.336 e. The molecule has 1 aromatic heterocycles. The zero-order valence-electron chi connectivity index (χ0n) is 18.8. The second-order valence-electron chi connectivity index (χ2n) is 8.41. The van der Waals surface area contributed by atoms with Crippen molar-refractivity contribution in [3.05, 3.63) is 29.1 Å². The summed E-state index contributed by atoms with van der Waals surface area (Å²) in [4.78, 5) is 11.4. The molecule has 1 N–H and O–H groups in total. The molecule has 1 rings (SSSR count). The second-order valence-corrected chi connectivity index (χ2v) is 8.41. The second kappa shape index (κ2) is 15.5. The number of nitrogens with zero attached hydrogens (tertiary/aromatic N) is 1. The largest absolute Gasteiger partial charge is 0.478 e. The van der Waals surface area contributed by atoms with Crippen LogP contribution >= 0.6 is 0 Å². The van der Waals surface area contributed by atoms with Crippen LogP contribution in [0.1, 0.15) is 125 Å². The van der Waals surface area contributed by atoms with Gasteiger partial charge in [0.05, 0.1) is 5.56 Å². The summed E-state index contributed by atoms with van der Waals surface area (Å²) in [5.41, 5.74) is 2.55. The van der Waals surface area contributed by atoms with Crippen LogP contribution in [0.4, 0.5) is 0 Å². The van der Waals surface area contributed by atoms with Gasteiger partial charge in [0.1, 0.15) is 7.05 Å². The Morgan fingerprint density at radius 3 is 1.68 bits per heavy atom. The summed E-state index contributed by atoms with van der Waals surface area (Å²) in [5, 5.41) is 9.40. The number of pyridine rings is 1. The molecule has 0 saturated carbocycles. The van der Waals surface area contributed by atoms with E-state index in [1.807, 2.05) is 24.7 Å². The van der Waals surface area contributed by atoms with Gasteiger partial charge in [-0.3, -0.25) is 0 Å². The van der Waals surface area contributed by atoms with Crippen LogP contribution in [0.25, 0.3) is 0 Å². The molecule has 0 aromatic carbocycles. The zero-order chi connectivity index (χ0) is 20.6. The SMILES string of the molecule is CCCCCCCCCCCCCCCCCc1c(C(=O)O)cc[n+](C)c1C. The minimum absolute atomic E-state index is 0.473. The standard InChI is InChI=1S/C25H43NO2/c1-4-5-6-7-8-9-10-11-12-13-14-15-16-17-18-19-23-22(2)26(3)21-20-24(23)25(27)28/h20-21H,4-19H2,1-3H3/p+1. The number of hydrogen-bond donors (Lipinski definition) is 1. The first-order valence-corrected chi connectivity index (χ1v) is 11.8. The molecule has 1 heterocycles. The molecule has 0 aliphatic carbocycles. The number of aromatic nitrogens is 1. The smallest absolute Gasteiger partial charge is 0.336 e. The van der Waals surface area contributed by atoms with Crippen molar-refractivity contribution in [1.29, 1.82) is 0 Å². The van der Waals surface area contributed by atoms with Crippen LogP contribution in [0.15, 0.2) is 12.3 Å². The van der Waals surface area contributed by atoms with Gasteiger partial charge in [-0.1, -0.05) is 96.8 Å². The molecule has 0 fully saturated rings. The lowest BCUT2D eigenvalue weighted by atomic mass is 9.99. The van der Waals surface area contributed by atoms with E-state index in [0.717, 1.165) is 24.1 Å². The summed E-state index contributed by atoms with van der Waals surface area (Å²) < 4.78 is 2.02. The molecule has 3 nitrogen and oxygen atoms in total. The third-order valence-corrected chi connectivity index (χ3v) is 6.02. The third-order valence-electron chi connectivity index (χ3n) is 6.02. The van der Waals surface area contributed by atoms with Gasteiger partial charge in [-0.25, -0.2) is 9.36 Å². The highest BCUT2D eigenvalue weighted by Gasteiger charge is 2.18. The Kier molecular flexibility index (Phi) is 13.7. The normalized spacial score (nSPS) is 11.1. The fourth-order valence-corrected chi connectivity index (χ4v) is 4.00. The summed E-state index contributed by atoms with van der Waals surface area (Å²) in [5.74, 6) is -0.806. The van der Waals surface area contributed by atoms with Gasteiger partial charge >= 0.3 is 5.97 Å². The topological polar surface area (TPSA) is 41.2 Å².